The van der Waals surface area contributed by atoms with Crippen LogP contribution in [-0.4, -0.2) is 43.2 Å². The number of rotatable bonds is 4. The molecule has 19 heavy (non-hydrogen) atoms. The number of halogens is 1. The Morgan fingerprint density at radius 2 is 2.11 bits per heavy atom. The summed E-state index contributed by atoms with van der Waals surface area (Å²) in [6.45, 7) is 3.52. The van der Waals surface area contributed by atoms with Crippen molar-refractivity contribution >= 4 is 18.3 Å². The average Bonchev–Trinajstić information content (AvgIpc) is 2.43. The zero-order chi connectivity index (χ0) is 13.0. The monoisotopic (exact) mass is 286 g/mol. The molecule has 106 valence electrons. The Morgan fingerprint density at radius 3 is 2.74 bits per heavy atom. The lowest BCUT2D eigenvalue weighted by atomic mass is 10.2. The van der Waals surface area contributed by atoms with Crippen molar-refractivity contribution in [1.29, 1.82) is 0 Å². The zero-order valence-electron chi connectivity index (χ0n) is 10.9. The van der Waals surface area contributed by atoms with Gasteiger partial charge in [-0.25, -0.2) is 0 Å². The largest absolute Gasteiger partial charge is 0.486 e. The molecule has 1 aromatic rings. The lowest BCUT2D eigenvalue weighted by molar-refractivity contribution is -0.131. The highest BCUT2D eigenvalue weighted by atomic mass is 35.5. The third-order valence-corrected chi connectivity index (χ3v) is 2.90. The van der Waals surface area contributed by atoms with Gasteiger partial charge < -0.3 is 20.1 Å². The maximum absolute atomic E-state index is 11.6. The summed E-state index contributed by atoms with van der Waals surface area (Å²) < 4.78 is 11.4. The Kier molecular flexibility index (Phi) is 5.92. The fraction of sp³-hybridized carbons (Fsp3) is 0.462. The number of nitrogens with two attached hydrogens (primary N) is 1. The van der Waals surface area contributed by atoms with E-state index in [1.807, 2.05) is 31.2 Å². The second-order valence-corrected chi connectivity index (χ2v) is 4.13. The van der Waals surface area contributed by atoms with Gasteiger partial charge in [-0.2, -0.15) is 0 Å². The van der Waals surface area contributed by atoms with E-state index in [0.717, 1.165) is 11.5 Å². The number of hydrogen-bond acceptors (Lipinski definition) is 4. The standard InChI is InChI=1S/C13H18N2O3.ClH/c1-2-15(13(16)7-14)8-10-9-17-11-5-3-4-6-12(11)18-10;/h3-6,10H,2,7-9,14H2,1H3;1H. The van der Waals surface area contributed by atoms with Crippen LogP contribution in [0, 0.1) is 0 Å². The first-order valence-corrected chi connectivity index (χ1v) is 6.11. The number of fused-ring (bicyclic) bond motifs is 1. The number of carbonyl (C=O) groups excluding carboxylic acids is 1. The van der Waals surface area contributed by atoms with Crippen LogP contribution < -0.4 is 15.2 Å². The third kappa shape index (κ3) is 3.75. The van der Waals surface area contributed by atoms with E-state index in [-0.39, 0.29) is 31.0 Å². The highest BCUT2D eigenvalue weighted by Crippen LogP contribution is 2.30. The minimum Gasteiger partial charge on any atom is -0.486 e. The Morgan fingerprint density at radius 1 is 1.42 bits per heavy atom. The predicted molar refractivity (Wildman–Crippen MR) is 74.9 cm³/mol. The Labute approximate surface area is 119 Å². The summed E-state index contributed by atoms with van der Waals surface area (Å²) in [5, 5.41) is 0. The minimum absolute atomic E-state index is 0. The molecular weight excluding hydrogens is 268 g/mol. The second kappa shape index (κ2) is 7.21. The summed E-state index contributed by atoms with van der Waals surface area (Å²) >= 11 is 0. The molecule has 1 aromatic carbocycles. The van der Waals surface area contributed by atoms with Crippen molar-refractivity contribution in [2.75, 3.05) is 26.2 Å². The van der Waals surface area contributed by atoms with E-state index >= 15 is 0 Å². The summed E-state index contributed by atoms with van der Waals surface area (Å²) in [4.78, 5) is 13.2. The number of nitrogens with zero attached hydrogens (tertiary/aromatic N) is 1. The number of benzene rings is 1. The van der Waals surface area contributed by atoms with Crippen LogP contribution in [0.3, 0.4) is 0 Å². The van der Waals surface area contributed by atoms with Crippen molar-refractivity contribution in [3.63, 3.8) is 0 Å². The molecule has 6 heteroatoms. The Balaban J connectivity index is 0.00000180. The van der Waals surface area contributed by atoms with Gasteiger partial charge in [0.2, 0.25) is 5.91 Å². The summed E-state index contributed by atoms with van der Waals surface area (Å²) in [7, 11) is 0. The molecule has 2 rings (SSSR count). The molecular formula is C13H19ClN2O3. The van der Waals surface area contributed by atoms with Gasteiger partial charge in [0.15, 0.2) is 17.6 Å². The predicted octanol–water partition coefficient (Wildman–Crippen LogP) is 1.06. The quantitative estimate of drug-likeness (QED) is 0.899. The Bertz CT molecular complexity index is 428. The molecule has 5 nitrogen and oxygen atoms in total. The molecule has 1 heterocycles. The SMILES string of the molecule is CCN(CC1COc2ccccc2O1)C(=O)CN.Cl. The zero-order valence-corrected chi connectivity index (χ0v) is 11.7. The highest BCUT2D eigenvalue weighted by molar-refractivity contribution is 5.85. The lowest BCUT2D eigenvalue weighted by Crippen LogP contribution is -2.45. The molecule has 2 N–H and O–H groups in total. The molecule has 1 aliphatic rings. The second-order valence-electron chi connectivity index (χ2n) is 4.13. The normalized spacial score (nSPS) is 16.4. The van der Waals surface area contributed by atoms with E-state index in [9.17, 15) is 4.79 Å². The summed E-state index contributed by atoms with van der Waals surface area (Å²) in [5.41, 5.74) is 5.37. The van der Waals surface area contributed by atoms with Crippen molar-refractivity contribution in [3.05, 3.63) is 24.3 Å². The number of carbonyl (C=O) groups is 1. The fourth-order valence-electron chi connectivity index (χ4n) is 1.94. The number of para-hydroxylation sites is 2. The van der Waals surface area contributed by atoms with Gasteiger partial charge in [0.1, 0.15) is 6.61 Å². The van der Waals surface area contributed by atoms with E-state index < -0.39 is 0 Å². The van der Waals surface area contributed by atoms with Gasteiger partial charge in [0.25, 0.3) is 0 Å². The van der Waals surface area contributed by atoms with Crippen molar-refractivity contribution in [2.45, 2.75) is 13.0 Å². The lowest BCUT2D eigenvalue weighted by Gasteiger charge is -2.30. The molecule has 1 atom stereocenters. The van der Waals surface area contributed by atoms with Crippen LogP contribution in [0.1, 0.15) is 6.92 Å². The van der Waals surface area contributed by atoms with Gasteiger partial charge in [-0.1, -0.05) is 12.1 Å². The summed E-state index contributed by atoms with van der Waals surface area (Å²) in [6, 6.07) is 7.53. The smallest absolute Gasteiger partial charge is 0.236 e. The number of likely N-dealkylation sites (N-methyl/N-ethyl adjacent to an activating group) is 1. The average molecular weight is 287 g/mol. The fourth-order valence-corrected chi connectivity index (χ4v) is 1.94. The molecule has 1 aliphatic heterocycles. The summed E-state index contributed by atoms with van der Waals surface area (Å²) in [6.07, 6.45) is -0.143. The van der Waals surface area contributed by atoms with Crippen LogP contribution in [0.4, 0.5) is 0 Å². The van der Waals surface area contributed by atoms with Crippen molar-refractivity contribution in [1.82, 2.24) is 4.90 Å². The Hall–Kier alpha value is -1.46. The molecule has 0 saturated heterocycles. The first-order chi connectivity index (χ1) is 8.74. The maximum atomic E-state index is 11.6. The first kappa shape index (κ1) is 15.6. The van der Waals surface area contributed by atoms with E-state index in [0.29, 0.717) is 19.7 Å². The molecule has 1 unspecified atom stereocenters. The summed E-state index contributed by atoms with van der Waals surface area (Å²) in [5.74, 6) is 1.41. The first-order valence-electron chi connectivity index (χ1n) is 6.11. The maximum Gasteiger partial charge on any atom is 0.236 e. The molecule has 0 fully saturated rings. The van der Waals surface area contributed by atoms with E-state index in [2.05, 4.69) is 0 Å². The van der Waals surface area contributed by atoms with Crippen molar-refractivity contribution < 1.29 is 14.3 Å². The van der Waals surface area contributed by atoms with E-state index in [1.54, 1.807) is 4.90 Å². The van der Waals surface area contributed by atoms with Gasteiger partial charge in [0, 0.05) is 6.54 Å². The van der Waals surface area contributed by atoms with Crippen LogP contribution in [0.15, 0.2) is 24.3 Å². The molecule has 0 aliphatic carbocycles. The van der Waals surface area contributed by atoms with E-state index in [1.165, 1.54) is 0 Å². The van der Waals surface area contributed by atoms with Crippen molar-refractivity contribution in [2.24, 2.45) is 5.73 Å². The molecule has 0 bridgehead atoms. The number of hydrogen-bond donors (Lipinski definition) is 1. The number of amides is 1. The van der Waals surface area contributed by atoms with Crippen LogP contribution >= 0.6 is 12.4 Å². The molecule has 1 amide bonds. The van der Waals surface area contributed by atoms with Crippen molar-refractivity contribution in [3.8, 4) is 11.5 Å². The van der Waals surface area contributed by atoms with Crippen LogP contribution in [0.25, 0.3) is 0 Å². The number of ether oxygens (including phenoxy) is 2. The van der Waals surface area contributed by atoms with Crippen LogP contribution in [0.2, 0.25) is 0 Å². The van der Waals surface area contributed by atoms with E-state index in [4.69, 9.17) is 15.2 Å². The van der Waals surface area contributed by atoms with Crippen LogP contribution in [-0.2, 0) is 4.79 Å². The van der Waals surface area contributed by atoms with Gasteiger partial charge in [-0.15, -0.1) is 12.4 Å². The third-order valence-electron chi connectivity index (χ3n) is 2.90. The van der Waals surface area contributed by atoms with Crippen LogP contribution in [0.5, 0.6) is 11.5 Å². The highest BCUT2D eigenvalue weighted by Gasteiger charge is 2.24. The van der Waals surface area contributed by atoms with Gasteiger partial charge in [0.05, 0.1) is 13.1 Å². The molecule has 0 aromatic heterocycles. The topological polar surface area (TPSA) is 64.8 Å². The molecule has 0 saturated carbocycles. The van der Waals surface area contributed by atoms with Gasteiger partial charge in [-0.3, -0.25) is 4.79 Å². The molecule has 0 spiro atoms. The van der Waals surface area contributed by atoms with Gasteiger partial charge >= 0.3 is 0 Å². The van der Waals surface area contributed by atoms with Gasteiger partial charge in [-0.05, 0) is 19.1 Å². The molecule has 0 radical (unpaired) electrons. The minimum atomic E-state index is -0.143.